The average Bonchev–Trinajstić information content (AvgIpc) is 2.34. The van der Waals surface area contributed by atoms with E-state index in [4.69, 9.17) is 5.11 Å². The van der Waals surface area contributed by atoms with Crippen molar-refractivity contribution >= 4 is 11.9 Å². The molecule has 0 aromatic heterocycles. The molecule has 5 heteroatoms. The minimum atomic E-state index is -0.783. The minimum Gasteiger partial charge on any atom is -0.481 e. The van der Waals surface area contributed by atoms with E-state index >= 15 is 0 Å². The molecule has 5 nitrogen and oxygen atoms in total. The molecule has 1 aliphatic heterocycles. The number of unbranched alkanes of at least 4 members (excludes halogenated alkanes) is 1. The van der Waals surface area contributed by atoms with Crippen LogP contribution in [0.5, 0.6) is 0 Å². The molecule has 0 bridgehead atoms. The molecular weight excluding hydrogens is 232 g/mol. The van der Waals surface area contributed by atoms with Gasteiger partial charge in [0.15, 0.2) is 0 Å². The number of carbonyl (C=O) groups is 2. The summed E-state index contributed by atoms with van der Waals surface area (Å²) in [6.45, 7) is 1.67. The van der Waals surface area contributed by atoms with Gasteiger partial charge in [-0.15, -0.1) is 0 Å². The predicted octanol–water partition coefficient (Wildman–Crippen LogP) is 1.18. The van der Waals surface area contributed by atoms with Gasteiger partial charge in [0, 0.05) is 32.0 Å². The molecule has 1 amide bonds. The van der Waals surface area contributed by atoms with Crippen molar-refractivity contribution in [2.45, 2.75) is 44.6 Å². The Kier molecular flexibility index (Phi) is 6.12. The molecular formula is C13H24N2O3. The molecule has 0 saturated carbocycles. The van der Waals surface area contributed by atoms with Crippen molar-refractivity contribution in [3.8, 4) is 0 Å². The standard InChI is InChI=1S/C13H24N2O3/c1-14(2)11-7-9-15(10-8-11)12(16)5-3-4-6-13(17)18/h11H,3-10H2,1-2H3,(H,17,18). The molecule has 0 unspecified atom stereocenters. The van der Waals surface area contributed by atoms with E-state index in [0.717, 1.165) is 25.9 Å². The van der Waals surface area contributed by atoms with Gasteiger partial charge in [0.2, 0.25) is 5.91 Å². The van der Waals surface area contributed by atoms with Gasteiger partial charge in [-0.05, 0) is 39.8 Å². The van der Waals surface area contributed by atoms with Crippen LogP contribution in [0.25, 0.3) is 0 Å². The summed E-state index contributed by atoms with van der Waals surface area (Å²) < 4.78 is 0. The van der Waals surface area contributed by atoms with E-state index in [9.17, 15) is 9.59 Å². The van der Waals surface area contributed by atoms with Crippen molar-refractivity contribution in [1.82, 2.24) is 9.80 Å². The fraction of sp³-hybridized carbons (Fsp3) is 0.846. The summed E-state index contributed by atoms with van der Waals surface area (Å²) in [5.74, 6) is -0.605. The van der Waals surface area contributed by atoms with E-state index in [2.05, 4.69) is 19.0 Å². The maximum absolute atomic E-state index is 11.9. The second-order valence-corrected chi connectivity index (χ2v) is 5.18. The number of carbonyl (C=O) groups excluding carboxylic acids is 1. The zero-order valence-corrected chi connectivity index (χ0v) is 11.4. The Morgan fingerprint density at radius 1 is 1.17 bits per heavy atom. The Bertz CT molecular complexity index is 284. The lowest BCUT2D eigenvalue weighted by atomic mass is 10.0. The zero-order chi connectivity index (χ0) is 13.5. The minimum absolute atomic E-state index is 0.163. The molecule has 18 heavy (non-hydrogen) atoms. The molecule has 1 saturated heterocycles. The number of rotatable bonds is 6. The van der Waals surface area contributed by atoms with Crippen molar-refractivity contribution in [2.24, 2.45) is 0 Å². The lowest BCUT2D eigenvalue weighted by Crippen LogP contribution is -2.44. The van der Waals surface area contributed by atoms with Crippen molar-refractivity contribution in [2.75, 3.05) is 27.2 Å². The zero-order valence-electron chi connectivity index (χ0n) is 11.4. The van der Waals surface area contributed by atoms with E-state index < -0.39 is 5.97 Å². The van der Waals surface area contributed by atoms with Crippen molar-refractivity contribution < 1.29 is 14.7 Å². The lowest BCUT2D eigenvalue weighted by Gasteiger charge is -2.35. The number of piperidine rings is 1. The van der Waals surface area contributed by atoms with Crippen LogP contribution >= 0.6 is 0 Å². The molecule has 1 N–H and O–H groups in total. The number of nitrogens with zero attached hydrogens (tertiary/aromatic N) is 2. The molecule has 0 aliphatic carbocycles. The van der Waals surface area contributed by atoms with Gasteiger partial charge in [-0.2, -0.15) is 0 Å². The summed E-state index contributed by atoms with van der Waals surface area (Å²) >= 11 is 0. The van der Waals surface area contributed by atoms with E-state index in [-0.39, 0.29) is 12.3 Å². The van der Waals surface area contributed by atoms with Gasteiger partial charge < -0.3 is 14.9 Å². The quantitative estimate of drug-likeness (QED) is 0.725. The molecule has 0 aromatic carbocycles. The highest BCUT2D eigenvalue weighted by Crippen LogP contribution is 2.15. The molecule has 1 aliphatic rings. The summed E-state index contributed by atoms with van der Waals surface area (Å²) in [6.07, 6.45) is 3.99. The first-order valence-corrected chi connectivity index (χ1v) is 6.66. The van der Waals surface area contributed by atoms with Crippen LogP contribution in [0.3, 0.4) is 0 Å². The van der Waals surface area contributed by atoms with Crippen LogP contribution in [-0.2, 0) is 9.59 Å². The van der Waals surface area contributed by atoms with Crippen LogP contribution in [0.4, 0.5) is 0 Å². The van der Waals surface area contributed by atoms with Gasteiger partial charge in [0.1, 0.15) is 0 Å². The van der Waals surface area contributed by atoms with Gasteiger partial charge in [-0.25, -0.2) is 0 Å². The molecule has 1 fully saturated rings. The highest BCUT2D eigenvalue weighted by molar-refractivity contribution is 5.76. The van der Waals surface area contributed by atoms with E-state index in [1.165, 1.54) is 0 Å². The molecule has 0 atom stereocenters. The van der Waals surface area contributed by atoms with Crippen molar-refractivity contribution in [3.05, 3.63) is 0 Å². The third kappa shape index (κ3) is 5.04. The molecule has 104 valence electrons. The van der Waals surface area contributed by atoms with E-state index in [0.29, 0.717) is 25.3 Å². The maximum atomic E-state index is 11.9. The number of carboxylic acids is 1. The van der Waals surface area contributed by atoms with Crippen molar-refractivity contribution in [1.29, 1.82) is 0 Å². The number of hydrogen-bond donors (Lipinski definition) is 1. The third-order valence-electron chi connectivity index (χ3n) is 3.58. The molecule has 0 radical (unpaired) electrons. The van der Waals surface area contributed by atoms with Gasteiger partial charge in [0.25, 0.3) is 0 Å². The van der Waals surface area contributed by atoms with Gasteiger partial charge in [-0.1, -0.05) is 0 Å². The van der Waals surface area contributed by atoms with Gasteiger partial charge >= 0.3 is 5.97 Å². The monoisotopic (exact) mass is 256 g/mol. The van der Waals surface area contributed by atoms with Gasteiger partial charge in [0.05, 0.1) is 0 Å². The lowest BCUT2D eigenvalue weighted by molar-refractivity contribution is -0.137. The Morgan fingerprint density at radius 2 is 1.72 bits per heavy atom. The Balaban J connectivity index is 2.18. The van der Waals surface area contributed by atoms with Gasteiger partial charge in [-0.3, -0.25) is 9.59 Å². The van der Waals surface area contributed by atoms with Crippen molar-refractivity contribution in [3.63, 3.8) is 0 Å². The predicted molar refractivity (Wildman–Crippen MR) is 69.4 cm³/mol. The summed E-state index contributed by atoms with van der Waals surface area (Å²) in [5, 5.41) is 8.51. The molecule has 0 spiro atoms. The average molecular weight is 256 g/mol. The van der Waals surface area contributed by atoms with Crippen LogP contribution in [0.2, 0.25) is 0 Å². The third-order valence-corrected chi connectivity index (χ3v) is 3.58. The largest absolute Gasteiger partial charge is 0.481 e. The number of aliphatic carboxylic acids is 1. The SMILES string of the molecule is CN(C)C1CCN(C(=O)CCCCC(=O)O)CC1. The van der Waals surface area contributed by atoms with Crippen LogP contribution in [0.1, 0.15) is 38.5 Å². The fourth-order valence-electron chi connectivity index (χ4n) is 2.34. The summed E-state index contributed by atoms with van der Waals surface area (Å²) in [6, 6.07) is 0.584. The first-order chi connectivity index (χ1) is 8.50. The Hall–Kier alpha value is -1.10. The highest BCUT2D eigenvalue weighted by Gasteiger charge is 2.23. The first kappa shape index (κ1) is 15.0. The van der Waals surface area contributed by atoms with Crippen LogP contribution in [0, 0.1) is 0 Å². The number of carboxylic acid groups (broad SMARTS) is 1. The highest BCUT2D eigenvalue weighted by atomic mass is 16.4. The molecule has 1 rings (SSSR count). The van der Waals surface area contributed by atoms with Crippen LogP contribution in [0.15, 0.2) is 0 Å². The first-order valence-electron chi connectivity index (χ1n) is 6.66. The van der Waals surface area contributed by atoms with Crippen LogP contribution < -0.4 is 0 Å². The number of likely N-dealkylation sites (tertiary alicyclic amines) is 1. The van der Waals surface area contributed by atoms with E-state index in [1.54, 1.807) is 0 Å². The normalized spacial score (nSPS) is 17.2. The fourth-order valence-corrected chi connectivity index (χ4v) is 2.34. The Labute approximate surface area is 109 Å². The maximum Gasteiger partial charge on any atom is 0.303 e. The number of amides is 1. The topological polar surface area (TPSA) is 60.9 Å². The summed E-state index contributed by atoms with van der Waals surface area (Å²) in [4.78, 5) is 26.4. The smallest absolute Gasteiger partial charge is 0.303 e. The Morgan fingerprint density at radius 3 is 2.22 bits per heavy atom. The van der Waals surface area contributed by atoms with Crippen LogP contribution in [-0.4, -0.2) is 60.0 Å². The summed E-state index contributed by atoms with van der Waals surface area (Å²) in [5.41, 5.74) is 0. The molecule has 1 heterocycles. The van der Waals surface area contributed by atoms with E-state index in [1.807, 2.05) is 4.90 Å². The molecule has 0 aromatic rings. The second-order valence-electron chi connectivity index (χ2n) is 5.18. The second kappa shape index (κ2) is 7.36. The summed E-state index contributed by atoms with van der Waals surface area (Å²) in [7, 11) is 4.15. The number of hydrogen-bond acceptors (Lipinski definition) is 3.